The molecule has 1 fully saturated rings. The maximum atomic E-state index is 9.07. The summed E-state index contributed by atoms with van der Waals surface area (Å²) in [5.74, 6) is 1.57. The predicted octanol–water partition coefficient (Wildman–Crippen LogP) is 2.27. The zero-order valence-corrected chi connectivity index (χ0v) is 10.6. The first-order valence-electron chi connectivity index (χ1n) is 6.55. The molecule has 2 aliphatic rings. The number of hydrogen-bond donors (Lipinski definition) is 1. The van der Waals surface area contributed by atoms with Gasteiger partial charge in [-0.15, -0.1) is 0 Å². The van der Waals surface area contributed by atoms with Crippen molar-refractivity contribution < 1.29 is 0 Å². The van der Waals surface area contributed by atoms with E-state index in [4.69, 9.17) is 5.26 Å². The van der Waals surface area contributed by atoms with Gasteiger partial charge in [-0.25, -0.2) is 0 Å². The highest BCUT2D eigenvalue weighted by Gasteiger charge is 2.30. The number of nitriles is 1. The first kappa shape index (κ1) is 11.4. The molecule has 1 aliphatic carbocycles. The summed E-state index contributed by atoms with van der Waals surface area (Å²) in [6.07, 6.45) is 6.52. The smallest absolute Gasteiger partial charge is 0.101 e. The van der Waals surface area contributed by atoms with Gasteiger partial charge in [0.25, 0.3) is 0 Å². The van der Waals surface area contributed by atoms with E-state index in [0.29, 0.717) is 5.56 Å². The number of rotatable bonds is 1. The minimum atomic E-state index is 0.695. The van der Waals surface area contributed by atoms with E-state index in [2.05, 4.69) is 22.4 Å². The maximum Gasteiger partial charge on any atom is 0.101 e. The van der Waals surface area contributed by atoms with Gasteiger partial charge in [-0.05, 0) is 61.9 Å². The molecule has 0 aromatic carbocycles. The summed E-state index contributed by atoms with van der Waals surface area (Å²) < 4.78 is 0. The molecule has 1 N–H and O–H groups in total. The molecule has 1 saturated heterocycles. The largest absolute Gasteiger partial charge is 0.316 e. The lowest BCUT2D eigenvalue weighted by Crippen LogP contribution is -2.16. The molecule has 3 rings (SSSR count). The molecule has 0 unspecified atom stereocenters. The molecule has 0 amide bonds. The van der Waals surface area contributed by atoms with Crippen LogP contribution in [0, 0.1) is 30.1 Å². The van der Waals surface area contributed by atoms with Crippen LogP contribution in [-0.4, -0.2) is 18.1 Å². The van der Waals surface area contributed by atoms with Crippen LogP contribution < -0.4 is 5.32 Å². The summed E-state index contributed by atoms with van der Waals surface area (Å²) >= 11 is 0. The van der Waals surface area contributed by atoms with Crippen LogP contribution in [0.1, 0.15) is 29.7 Å². The number of aryl methyl sites for hydroxylation is 1. The van der Waals surface area contributed by atoms with E-state index in [-0.39, 0.29) is 0 Å². The fraction of sp³-hybridized carbons (Fsp3) is 0.467. The van der Waals surface area contributed by atoms with Crippen LogP contribution in [0.3, 0.4) is 0 Å². The molecule has 1 aliphatic heterocycles. The van der Waals surface area contributed by atoms with Crippen molar-refractivity contribution in [3.05, 3.63) is 35.2 Å². The Morgan fingerprint density at radius 1 is 1.39 bits per heavy atom. The lowest BCUT2D eigenvalue weighted by molar-refractivity contribution is 0.418. The van der Waals surface area contributed by atoms with E-state index >= 15 is 0 Å². The van der Waals surface area contributed by atoms with Crippen LogP contribution in [0.4, 0.5) is 0 Å². The summed E-state index contributed by atoms with van der Waals surface area (Å²) in [4.78, 5) is 4.33. The molecule has 2 heterocycles. The lowest BCUT2D eigenvalue weighted by atomic mass is 9.80. The monoisotopic (exact) mass is 239 g/mol. The molecule has 0 bridgehead atoms. The highest BCUT2D eigenvalue weighted by atomic mass is 14.9. The SMILES string of the molecule is Cc1ncc(C2=CC[C@H]3CNC[C@H]3C2)cc1C#N. The quantitative estimate of drug-likeness (QED) is 0.818. The van der Waals surface area contributed by atoms with Gasteiger partial charge in [0.05, 0.1) is 11.3 Å². The molecule has 0 radical (unpaired) electrons. The molecule has 0 spiro atoms. The van der Waals surface area contributed by atoms with Gasteiger partial charge in [-0.1, -0.05) is 6.08 Å². The molecule has 3 heteroatoms. The second-order valence-corrected chi connectivity index (χ2v) is 5.32. The Morgan fingerprint density at radius 3 is 3.06 bits per heavy atom. The molecule has 18 heavy (non-hydrogen) atoms. The highest BCUT2D eigenvalue weighted by Crippen LogP contribution is 2.36. The standard InChI is InChI=1S/C15H17N3/c1-10-13(6-16)5-15(9-18-10)11-2-3-12-7-17-8-14(12)4-11/h2,5,9,12,14,17H,3-4,7-8H2,1H3/t12-,14+/m0/s1. The number of fused-ring (bicyclic) bond motifs is 1. The summed E-state index contributed by atoms with van der Waals surface area (Å²) in [6.45, 7) is 4.17. The number of allylic oxidation sites excluding steroid dienone is 2. The number of nitrogens with zero attached hydrogens (tertiary/aromatic N) is 2. The van der Waals surface area contributed by atoms with E-state index in [1.165, 1.54) is 5.57 Å². The second-order valence-electron chi connectivity index (χ2n) is 5.32. The van der Waals surface area contributed by atoms with Crippen LogP contribution in [0.5, 0.6) is 0 Å². The van der Waals surface area contributed by atoms with Crippen molar-refractivity contribution in [2.75, 3.05) is 13.1 Å². The Balaban J connectivity index is 1.89. The van der Waals surface area contributed by atoms with Crippen LogP contribution in [0.25, 0.3) is 5.57 Å². The number of aromatic nitrogens is 1. The van der Waals surface area contributed by atoms with Crippen LogP contribution in [0.15, 0.2) is 18.3 Å². The van der Waals surface area contributed by atoms with Crippen molar-refractivity contribution in [3.8, 4) is 6.07 Å². The summed E-state index contributed by atoms with van der Waals surface area (Å²) in [5, 5.41) is 12.5. The fourth-order valence-corrected chi connectivity index (χ4v) is 3.02. The Kier molecular flexibility index (Phi) is 2.89. The number of nitrogens with one attached hydrogen (secondary N) is 1. The average Bonchev–Trinajstić information content (AvgIpc) is 2.86. The van der Waals surface area contributed by atoms with Crippen molar-refractivity contribution in [2.45, 2.75) is 19.8 Å². The fourth-order valence-electron chi connectivity index (χ4n) is 3.02. The molecular weight excluding hydrogens is 222 g/mol. The molecule has 1 aromatic rings. The van der Waals surface area contributed by atoms with Crippen molar-refractivity contribution in [1.82, 2.24) is 10.3 Å². The number of pyridine rings is 1. The van der Waals surface area contributed by atoms with Crippen LogP contribution >= 0.6 is 0 Å². The lowest BCUT2D eigenvalue weighted by Gasteiger charge is -2.24. The second kappa shape index (κ2) is 4.55. The van der Waals surface area contributed by atoms with E-state index in [1.807, 2.05) is 19.2 Å². The van der Waals surface area contributed by atoms with Gasteiger partial charge >= 0.3 is 0 Å². The minimum Gasteiger partial charge on any atom is -0.316 e. The average molecular weight is 239 g/mol. The molecule has 2 atom stereocenters. The minimum absolute atomic E-state index is 0.695. The van der Waals surface area contributed by atoms with E-state index in [9.17, 15) is 0 Å². The van der Waals surface area contributed by atoms with Gasteiger partial charge in [0.15, 0.2) is 0 Å². The number of hydrogen-bond acceptors (Lipinski definition) is 3. The van der Waals surface area contributed by atoms with Gasteiger partial charge in [0.2, 0.25) is 0 Å². The van der Waals surface area contributed by atoms with Gasteiger partial charge in [0, 0.05) is 6.20 Å². The summed E-state index contributed by atoms with van der Waals surface area (Å²) in [7, 11) is 0. The zero-order chi connectivity index (χ0) is 12.5. The molecule has 0 saturated carbocycles. The Hall–Kier alpha value is -1.66. The third-order valence-electron chi connectivity index (χ3n) is 4.21. The predicted molar refractivity (Wildman–Crippen MR) is 70.7 cm³/mol. The van der Waals surface area contributed by atoms with Crippen LogP contribution in [-0.2, 0) is 0 Å². The van der Waals surface area contributed by atoms with Gasteiger partial charge < -0.3 is 5.32 Å². The molecule has 3 nitrogen and oxygen atoms in total. The molecular formula is C15H17N3. The summed E-state index contributed by atoms with van der Waals surface area (Å²) in [5.41, 5.74) is 4.00. The topological polar surface area (TPSA) is 48.7 Å². The Bertz CT molecular complexity index is 539. The Labute approximate surface area is 108 Å². The first-order valence-corrected chi connectivity index (χ1v) is 6.55. The maximum absolute atomic E-state index is 9.07. The summed E-state index contributed by atoms with van der Waals surface area (Å²) in [6, 6.07) is 4.20. The van der Waals surface area contributed by atoms with E-state index < -0.39 is 0 Å². The Morgan fingerprint density at radius 2 is 2.22 bits per heavy atom. The van der Waals surface area contributed by atoms with Crippen molar-refractivity contribution in [2.24, 2.45) is 11.8 Å². The van der Waals surface area contributed by atoms with Gasteiger partial charge in [-0.3, -0.25) is 4.98 Å². The first-order chi connectivity index (χ1) is 8.78. The van der Waals surface area contributed by atoms with Crippen LogP contribution in [0.2, 0.25) is 0 Å². The molecule has 1 aromatic heterocycles. The molecule has 92 valence electrons. The van der Waals surface area contributed by atoms with Gasteiger partial charge in [0.1, 0.15) is 6.07 Å². The zero-order valence-electron chi connectivity index (χ0n) is 10.6. The third kappa shape index (κ3) is 1.93. The van der Waals surface area contributed by atoms with Crippen molar-refractivity contribution in [3.63, 3.8) is 0 Å². The van der Waals surface area contributed by atoms with Gasteiger partial charge in [-0.2, -0.15) is 5.26 Å². The third-order valence-corrected chi connectivity index (χ3v) is 4.21. The van der Waals surface area contributed by atoms with E-state index in [0.717, 1.165) is 49.0 Å². The van der Waals surface area contributed by atoms with E-state index in [1.54, 1.807) is 0 Å². The highest BCUT2D eigenvalue weighted by molar-refractivity contribution is 5.67. The van der Waals surface area contributed by atoms with Crippen molar-refractivity contribution >= 4 is 5.57 Å². The van der Waals surface area contributed by atoms with Crippen molar-refractivity contribution in [1.29, 1.82) is 5.26 Å². The normalized spacial score (nSPS) is 26.3.